The van der Waals surface area contributed by atoms with Crippen molar-refractivity contribution in [1.82, 2.24) is 4.98 Å². The Bertz CT molecular complexity index is 783. The van der Waals surface area contributed by atoms with E-state index in [1.165, 1.54) is 0 Å². The number of alkyl halides is 6. The van der Waals surface area contributed by atoms with Gasteiger partial charge in [-0.25, -0.2) is 9.78 Å². The second-order valence-corrected chi connectivity index (χ2v) is 4.47. The number of hydrogen-bond acceptors (Lipinski definition) is 4. The van der Waals surface area contributed by atoms with Gasteiger partial charge in [0, 0.05) is 5.39 Å². The molecule has 0 radical (unpaired) electrons. The van der Waals surface area contributed by atoms with Crippen LogP contribution in [-0.4, -0.2) is 18.1 Å². The highest BCUT2D eigenvalue weighted by Gasteiger charge is 2.40. The van der Waals surface area contributed by atoms with Gasteiger partial charge < -0.3 is 10.5 Å². The van der Waals surface area contributed by atoms with Gasteiger partial charge in [-0.05, 0) is 12.1 Å². The summed E-state index contributed by atoms with van der Waals surface area (Å²) in [6.07, 6.45) is -9.86. The maximum Gasteiger partial charge on any atom is 0.434 e. The van der Waals surface area contributed by atoms with Gasteiger partial charge in [-0.2, -0.15) is 26.3 Å². The van der Waals surface area contributed by atoms with Gasteiger partial charge in [-0.1, -0.05) is 6.07 Å². The number of aromatic nitrogens is 1. The SMILES string of the molecule is COC(=O)c1c(C(F)(F)F)nc2cc(C(F)(F)F)ccc2c1N. The third-order valence-electron chi connectivity index (χ3n) is 3.01. The average Bonchev–Trinajstić information content (AvgIpc) is 2.43. The van der Waals surface area contributed by atoms with Crippen LogP contribution in [0.15, 0.2) is 18.2 Å². The Morgan fingerprint density at radius 1 is 1.13 bits per heavy atom. The van der Waals surface area contributed by atoms with Crippen molar-refractivity contribution in [2.45, 2.75) is 12.4 Å². The summed E-state index contributed by atoms with van der Waals surface area (Å²) in [5, 5.41) is -0.216. The molecule has 0 bridgehead atoms. The first-order valence-electron chi connectivity index (χ1n) is 5.92. The summed E-state index contributed by atoms with van der Waals surface area (Å²) in [4.78, 5) is 14.7. The molecule has 124 valence electrons. The van der Waals surface area contributed by atoms with Crippen LogP contribution in [0.1, 0.15) is 21.6 Å². The van der Waals surface area contributed by atoms with Crippen LogP contribution in [0, 0.1) is 0 Å². The minimum Gasteiger partial charge on any atom is -0.465 e. The van der Waals surface area contributed by atoms with Crippen LogP contribution in [0.5, 0.6) is 0 Å². The summed E-state index contributed by atoms with van der Waals surface area (Å²) in [6.45, 7) is 0. The zero-order valence-corrected chi connectivity index (χ0v) is 11.3. The van der Waals surface area contributed by atoms with Crippen molar-refractivity contribution in [3.05, 3.63) is 35.0 Å². The molecule has 0 saturated carbocycles. The number of carbonyl (C=O) groups excluding carboxylic acids is 1. The lowest BCUT2D eigenvalue weighted by atomic mass is 10.0. The number of pyridine rings is 1. The van der Waals surface area contributed by atoms with Gasteiger partial charge in [-0.15, -0.1) is 0 Å². The number of benzene rings is 1. The first-order valence-corrected chi connectivity index (χ1v) is 5.92. The number of methoxy groups -OCH3 is 1. The number of nitrogens with two attached hydrogens (primary N) is 1. The highest BCUT2D eigenvalue weighted by Crippen LogP contribution is 2.38. The molecule has 2 N–H and O–H groups in total. The number of carbonyl (C=O) groups is 1. The zero-order chi connectivity index (χ0) is 17.6. The van der Waals surface area contributed by atoms with Gasteiger partial charge in [0.2, 0.25) is 0 Å². The van der Waals surface area contributed by atoms with E-state index < -0.39 is 46.3 Å². The maximum absolute atomic E-state index is 13.0. The quantitative estimate of drug-likeness (QED) is 0.637. The topological polar surface area (TPSA) is 65.2 Å². The number of ether oxygens (including phenoxy) is 1. The van der Waals surface area contributed by atoms with Crippen LogP contribution in [-0.2, 0) is 17.1 Å². The Morgan fingerprint density at radius 2 is 1.74 bits per heavy atom. The Hall–Kier alpha value is -2.52. The molecule has 4 nitrogen and oxygen atoms in total. The molecular weight excluding hydrogens is 330 g/mol. The van der Waals surface area contributed by atoms with Gasteiger partial charge in [-0.3, -0.25) is 0 Å². The van der Waals surface area contributed by atoms with E-state index in [1.807, 2.05) is 0 Å². The molecule has 10 heteroatoms. The van der Waals surface area contributed by atoms with Crippen molar-refractivity contribution >= 4 is 22.6 Å². The molecule has 0 unspecified atom stereocenters. The fourth-order valence-corrected chi connectivity index (χ4v) is 1.98. The number of halogens is 6. The third-order valence-corrected chi connectivity index (χ3v) is 3.01. The first kappa shape index (κ1) is 16.8. The molecule has 0 fully saturated rings. The molecule has 23 heavy (non-hydrogen) atoms. The van der Waals surface area contributed by atoms with Gasteiger partial charge in [0.25, 0.3) is 0 Å². The third kappa shape index (κ3) is 3.01. The summed E-state index contributed by atoms with van der Waals surface area (Å²) >= 11 is 0. The van der Waals surface area contributed by atoms with Crippen LogP contribution in [0.2, 0.25) is 0 Å². The fourth-order valence-electron chi connectivity index (χ4n) is 1.98. The minimum atomic E-state index is -5.10. The second-order valence-electron chi connectivity index (χ2n) is 4.47. The van der Waals surface area contributed by atoms with E-state index in [-0.39, 0.29) is 5.39 Å². The number of fused-ring (bicyclic) bond motifs is 1. The Kier molecular flexibility index (Phi) is 3.87. The van der Waals surface area contributed by atoms with Crippen LogP contribution in [0.3, 0.4) is 0 Å². The molecule has 0 spiro atoms. The van der Waals surface area contributed by atoms with Crippen LogP contribution in [0.4, 0.5) is 32.0 Å². The molecule has 1 aromatic heterocycles. The van der Waals surface area contributed by atoms with Crippen molar-refractivity contribution in [3.8, 4) is 0 Å². The molecule has 0 atom stereocenters. The van der Waals surface area contributed by atoms with E-state index in [9.17, 15) is 31.1 Å². The molecule has 0 aliphatic carbocycles. The van der Waals surface area contributed by atoms with E-state index in [4.69, 9.17) is 5.73 Å². The summed E-state index contributed by atoms with van der Waals surface area (Å²) < 4.78 is 81.3. The molecule has 0 aliphatic heterocycles. The summed E-state index contributed by atoms with van der Waals surface area (Å²) in [7, 11) is 0.846. The van der Waals surface area contributed by atoms with Crippen molar-refractivity contribution in [2.75, 3.05) is 12.8 Å². The summed E-state index contributed by atoms with van der Waals surface area (Å²) in [6, 6.07) is 1.92. The summed E-state index contributed by atoms with van der Waals surface area (Å²) in [5.41, 5.74) is 0.333. The summed E-state index contributed by atoms with van der Waals surface area (Å²) in [5.74, 6) is -1.39. The Morgan fingerprint density at radius 3 is 2.22 bits per heavy atom. The number of hydrogen-bond donors (Lipinski definition) is 1. The molecule has 2 aromatic rings. The number of rotatable bonds is 1. The van der Waals surface area contributed by atoms with Gasteiger partial charge in [0.05, 0.1) is 23.9 Å². The smallest absolute Gasteiger partial charge is 0.434 e. The molecule has 1 heterocycles. The molecular formula is C13H8F6N2O2. The first-order chi connectivity index (χ1) is 10.5. The average molecular weight is 338 g/mol. The highest BCUT2D eigenvalue weighted by molar-refractivity contribution is 6.05. The molecule has 1 aromatic carbocycles. The lowest BCUT2D eigenvalue weighted by Gasteiger charge is -2.15. The normalized spacial score (nSPS) is 12.5. The van der Waals surface area contributed by atoms with Gasteiger partial charge >= 0.3 is 18.3 Å². The van der Waals surface area contributed by atoms with E-state index >= 15 is 0 Å². The van der Waals surface area contributed by atoms with Crippen LogP contribution >= 0.6 is 0 Å². The molecule has 0 amide bonds. The van der Waals surface area contributed by atoms with Crippen LogP contribution < -0.4 is 5.73 Å². The van der Waals surface area contributed by atoms with Crippen LogP contribution in [0.25, 0.3) is 10.9 Å². The number of nitrogen functional groups attached to an aromatic ring is 1. The second kappa shape index (κ2) is 5.28. The van der Waals surface area contributed by atoms with Crippen molar-refractivity contribution < 1.29 is 35.9 Å². The highest BCUT2D eigenvalue weighted by atomic mass is 19.4. The Labute approximate surface area is 124 Å². The van der Waals surface area contributed by atoms with Gasteiger partial charge in [0.15, 0.2) is 5.69 Å². The van der Waals surface area contributed by atoms with E-state index in [0.29, 0.717) is 12.1 Å². The van der Waals surface area contributed by atoms with E-state index in [2.05, 4.69) is 9.72 Å². The lowest BCUT2D eigenvalue weighted by Crippen LogP contribution is -2.19. The zero-order valence-electron chi connectivity index (χ0n) is 11.3. The fraction of sp³-hybridized carbons (Fsp3) is 0.231. The largest absolute Gasteiger partial charge is 0.465 e. The maximum atomic E-state index is 13.0. The molecule has 0 aliphatic rings. The predicted molar refractivity (Wildman–Crippen MR) is 67.5 cm³/mol. The lowest BCUT2D eigenvalue weighted by molar-refractivity contribution is -0.141. The Balaban J connectivity index is 2.87. The molecule has 2 rings (SSSR count). The monoisotopic (exact) mass is 338 g/mol. The van der Waals surface area contributed by atoms with E-state index in [0.717, 1.165) is 13.2 Å². The predicted octanol–water partition coefficient (Wildman–Crippen LogP) is 3.64. The molecule has 0 saturated heterocycles. The number of esters is 1. The standard InChI is InChI=1S/C13H8F6N2O2/c1-23-11(22)8-9(20)6-3-2-5(12(14,15)16)4-7(6)21-10(8)13(17,18)19/h2-4H,1H3,(H2,20,21). The van der Waals surface area contributed by atoms with Crippen molar-refractivity contribution in [3.63, 3.8) is 0 Å². The van der Waals surface area contributed by atoms with Gasteiger partial charge in [0.1, 0.15) is 5.56 Å². The van der Waals surface area contributed by atoms with Crippen molar-refractivity contribution in [2.24, 2.45) is 0 Å². The van der Waals surface area contributed by atoms with E-state index in [1.54, 1.807) is 0 Å². The minimum absolute atomic E-state index is 0.216. The number of nitrogens with zero attached hydrogens (tertiary/aromatic N) is 1. The van der Waals surface area contributed by atoms with Crippen molar-refractivity contribution in [1.29, 1.82) is 0 Å². The number of anilines is 1.